The number of nitrogens with one attached hydrogen (secondary N) is 1. The average Bonchev–Trinajstić information content (AvgIpc) is 2.52. The Morgan fingerprint density at radius 3 is 2.95 bits per heavy atom. The highest BCUT2D eigenvalue weighted by atomic mass is 35.5. The zero-order chi connectivity index (χ0) is 15.9. The molecule has 1 heterocycles. The van der Waals surface area contributed by atoms with Crippen molar-refractivity contribution in [2.24, 2.45) is 5.92 Å². The minimum atomic E-state index is 0.0000451. The number of amides is 1. The standard InChI is InChI=1S/C17H25ClN2O2/c1-13(2)12-22-10-7-17(21)20-9-8-19-11-16(20)14-5-3-4-6-15(14)18/h3-6,13,16,19H,7-12H2,1-2H3. The van der Waals surface area contributed by atoms with Gasteiger partial charge >= 0.3 is 0 Å². The Bertz CT molecular complexity index is 493. The normalized spacial score (nSPS) is 18.7. The molecule has 1 N–H and O–H groups in total. The summed E-state index contributed by atoms with van der Waals surface area (Å²) in [4.78, 5) is 14.4. The Hall–Kier alpha value is -1.10. The first-order valence-corrected chi connectivity index (χ1v) is 8.29. The molecule has 1 fully saturated rings. The molecule has 122 valence electrons. The van der Waals surface area contributed by atoms with Gasteiger partial charge in [-0.25, -0.2) is 0 Å². The second-order valence-corrected chi connectivity index (χ2v) is 6.45. The minimum Gasteiger partial charge on any atom is -0.381 e. The van der Waals surface area contributed by atoms with Gasteiger partial charge in [-0.15, -0.1) is 0 Å². The van der Waals surface area contributed by atoms with E-state index in [2.05, 4.69) is 19.2 Å². The summed E-state index contributed by atoms with van der Waals surface area (Å²) in [5.74, 6) is 0.625. The van der Waals surface area contributed by atoms with Crippen molar-refractivity contribution < 1.29 is 9.53 Å². The molecule has 1 aromatic carbocycles. The number of rotatable bonds is 6. The van der Waals surface area contributed by atoms with Gasteiger partial charge in [-0.2, -0.15) is 0 Å². The highest BCUT2D eigenvalue weighted by molar-refractivity contribution is 6.31. The number of carbonyl (C=O) groups excluding carboxylic acids is 1. The maximum atomic E-state index is 12.5. The Morgan fingerprint density at radius 1 is 1.45 bits per heavy atom. The number of hydrogen-bond acceptors (Lipinski definition) is 3. The number of nitrogens with zero attached hydrogens (tertiary/aromatic N) is 1. The Labute approximate surface area is 137 Å². The summed E-state index contributed by atoms with van der Waals surface area (Å²) in [6.45, 7) is 7.65. The molecule has 0 radical (unpaired) electrons. The number of piperazine rings is 1. The lowest BCUT2D eigenvalue weighted by Gasteiger charge is -2.37. The van der Waals surface area contributed by atoms with Crippen molar-refractivity contribution in [3.63, 3.8) is 0 Å². The quantitative estimate of drug-likeness (QED) is 0.818. The smallest absolute Gasteiger partial charge is 0.225 e. The van der Waals surface area contributed by atoms with E-state index in [9.17, 15) is 4.79 Å². The monoisotopic (exact) mass is 324 g/mol. The number of hydrogen-bond donors (Lipinski definition) is 1. The molecule has 2 rings (SSSR count). The third kappa shape index (κ3) is 4.70. The molecular formula is C17H25ClN2O2. The van der Waals surface area contributed by atoms with Crippen LogP contribution in [0, 0.1) is 5.92 Å². The van der Waals surface area contributed by atoms with Gasteiger partial charge < -0.3 is 15.0 Å². The molecule has 0 bridgehead atoms. The van der Waals surface area contributed by atoms with Crippen LogP contribution in [0.5, 0.6) is 0 Å². The number of benzene rings is 1. The van der Waals surface area contributed by atoms with E-state index < -0.39 is 0 Å². The van der Waals surface area contributed by atoms with Crippen LogP contribution < -0.4 is 5.32 Å². The third-order valence-electron chi connectivity index (χ3n) is 3.74. The largest absolute Gasteiger partial charge is 0.381 e. The van der Waals surface area contributed by atoms with Crippen molar-refractivity contribution in [3.8, 4) is 0 Å². The van der Waals surface area contributed by atoms with Crippen LogP contribution in [0.3, 0.4) is 0 Å². The Kier molecular flexibility index (Phi) is 6.68. The maximum absolute atomic E-state index is 12.5. The van der Waals surface area contributed by atoms with E-state index in [0.717, 1.165) is 18.7 Å². The van der Waals surface area contributed by atoms with Gasteiger partial charge in [0.2, 0.25) is 5.91 Å². The van der Waals surface area contributed by atoms with E-state index in [-0.39, 0.29) is 11.9 Å². The van der Waals surface area contributed by atoms with E-state index in [0.29, 0.717) is 37.1 Å². The molecule has 1 aliphatic heterocycles. The topological polar surface area (TPSA) is 41.6 Å². The third-order valence-corrected chi connectivity index (χ3v) is 4.08. The Morgan fingerprint density at radius 2 is 2.23 bits per heavy atom. The second kappa shape index (κ2) is 8.51. The van der Waals surface area contributed by atoms with Gasteiger partial charge in [-0.05, 0) is 17.5 Å². The molecule has 0 spiro atoms. The predicted octanol–water partition coefficient (Wildman–Crippen LogP) is 2.88. The first-order valence-electron chi connectivity index (χ1n) is 7.92. The van der Waals surface area contributed by atoms with Crippen LogP contribution >= 0.6 is 11.6 Å². The molecule has 1 unspecified atom stereocenters. The molecule has 22 heavy (non-hydrogen) atoms. The van der Waals surface area contributed by atoms with Gasteiger partial charge in [0, 0.05) is 31.3 Å². The summed E-state index contributed by atoms with van der Waals surface area (Å²) >= 11 is 6.30. The zero-order valence-corrected chi connectivity index (χ0v) is 14.1. The summed E-state index contributed by atoms with van der Waals surface area (Å²) in [6.07, 6.45) is 0.424. The highest BCUT2D eigenvalue weighted by Gasteiger charge is 2.28. The maximum Gasteiger partial charge on any atom is 0.225 e. The molecule has 4 nitrogen and oxygen atoms in total. The molecule has 0 aliphatic carbocycles. The molecule has 0 aromatic heterocycles. The lowest BCUT2D eigenvalue weighted by Crippen LogP contribution is -2.49. The van der Waals surface area contributed by atoms with Crippen molar-refractivity contribution in [2.75, 3.05) is 32.8 Å². The molecule has 5 heteroatoms. The summed E-state index contributed by atoms with van der Waals surface area (Å²) in [5.41, 5.74) is 1.01. The fraction of sp³-hybridized carbons (Fsp3) is 0.588. The van der Waals surface area contributed by atoms with Crippen LogP contribution in [0.2, 0.25) is 5.02 Å². The first kappa shape index (κ1) is 17.3. The lowest BCUT2D eigenvalue weighted by atomic mass is 10.0. The molecule has 0 saturated carbocycles. The van der Waals surface area contributed by atoms with Crippen LogP contribution in [0.25, 0.3) is 0 Å². The molecule has 1 aliphatic rings. The minimum absolute atomic E-state index is 0.0000451. The fourth-order valence-electron chi connectivity index (χ4n) is 2.65. The van der Waals surface area contributed by atoms with Crippen LogP contribution in [0.15, 0.2) is 24.3 Å². The van der Waals surface area contributed by atoms with Gasteiger partial charge in [0.15, 0.2) is 0 Å². The van der Waals surface area contributed by atoms with Crippen LogP contribution in [-0.4, -0.2) is 43.7 Å². The van der Waals surface area contributed by atoms with E-state index in [1.165, 1.54) is 0 Å². The molecule has 1 aromatic rings. The van der Waals surface area contributed by atoms with E-state index in [4.69, 9.17) is 16.3 Å². The van der Waals surface area contributed by atoms with Crippen molar-refractivity contribution in [1.29, 1.82) is 0 Å². The van der Waals surface area contributed by atoms with Gasteiger partial charge in [-0.3, -0.25) is 4.79 Å². The number of ether oxygens (including phenoxy) is 1. The first-order chi connectivity index (χ1) is 10.6. The van der Waals surface area contributed by atoms with Gasteiger partial charge in [-0.1, -0.05) is 43.6 Å². The fourth-order valence-corrected chi connectivity index (χ4v) is 2.91. The van der Waals surface area contributed by atoms with Crippen molar-refractivity contribution >= 4 is 17.5 Å². The van der Waals surface area contributed by atoms with Crippen molar-refractivity contribution in [1.82, 2.24) is 10.2 Å². The van der Waals surface area contributed by atoms with Crippen molar-refractivity contribution in [3.05, 3.63) is 34.9 Å². The molecule has 1 amide bonds. The molecule has 1 atom stereocenters. The summed E-state index contributed by atoms with van der Waals surface area (Å²) in [6, 6.07) is 7.74. The van der Waals surface area contributed by atoms with E-state index in [1.807, 2.05) is 29.2 Å². The lowest BCUT2D eigenvalue weighted by molar-refractivity contribution is -0.135. The highest BCUT2D eigenvalue weighted by Crippen LogP contribution is 2.28. The van der Waals surface area contributed by atoms with E-state index in [1.54, 1.807) is 0 Å². The molecular weight excluding hydrogens is 300 g/mol. The predicted molar refractivity (Wildman–Crippen MR) is 89.0 cm³/mol. The van der Waals surface area contributed by atoms with Crippen LogP contribution in [0.1, 0.15) is 31.9 Å². The number of carbonyl (C=O) groups is 1. The second-order valence-electron chi connectivity index (χ2n) is 6.05. The summed E-state index contributed by atoms with van der Waals surface area (Å²) in [5, 5.41) is 4.06. The molecule has 1 saturated heterocycles. The van der Waals surface area contributed by atoms with Crippen LogP contribution in [-0.2, 0) is 9.53 Å². The van der Waals surface area contributed by atoms with Crippen molar-refractivity contribution in [2.45, 2.75) is 26.3 Å². The SMILES string of the molecule is CC(C)COCCC(=O)N1CCNCC1c1ccccc1Cl. The van der Waals surface area contributed by atoms with Gasteiger partial charge in [0.05, 0.1) is 19.1 Å². The van der Waals surface area contributed by atoms with Gasteiger partial charge in [0.25, 0.3) is 0 Å². The summed E-state index contributed by atoms with van der Waals surface area (Å²) in [7, 11) is 0. The van der Waals surface area contributed by atoms with Gasteiger partial charge in [0.1, 0.15) is 0 Å². The zero-order valence-electron chi connectivity index (χ0n) is 13.3. The summed E-state index contributed by atoms with van der Waals surface area (Å²) < 4.78 is 5.53. The van der Waals surface area contributed by atoms with E-state index >= 15 is 0 Å². The van der Waals surface area contributed by atoms with Crippen LogP contribution in [0.4, 0.5) is 0 Å². The average molecular weight is 325 g/mol. The number of halogens is 1. The Balaban J connectivity index is 1.97.